The Kier molecular flexibility index (Phi) is 8.17. The number of phenols is 2. The molecule has 1 unspecified atom stereocenters. The van der Waals surface area contributed by atoms with Crippen molar-refractivity contribution < 1.29 is 48.7 Å². The number of rotatable bonds is 7. The van der Waals surface area contributed by atoms with E-state index in [9.17, 15) is 29.7 Å². The Morgan fingerprint density at radius 3 is 1.77 bits per heavy atom. The average molecular weight is 594 g/mol. The first-order valence-corrected chi connectivity index (χ1v) is 13.4. The van der Waals surface area contributed by atoms with Crippen LogP contribution < -0.4 is 34.9 Å². The lowest BCUT2D eigenvalue weighted by Gasteiger charge is -2.37. The van der Waals surface area contributed by atoms with E-state index in [-0.39, 0.29) is 41.5 Å². The minimum Gasteiger partial charge on any atom is -0.504 e. The van der Waals surface area contributed by atoms with Crippen molar-refractivity contribution in [3.8, 4) is 34.5 Å². The zero-order chi connectivity index (χ0) is 30.8. The fourth-order valence-electron chi connectivity index (χ4n) is 4.78. The van der Waals surface area contributed by atoms with Crippen molar-refractivity contribution in [1.29, 1.82) is 0 Å². The van der Waals surface area contributed by atoms with E-state index in [0.717, 1.165) is 0 Å². The van der Waals surface area contributed by atoms with Gasteiger partial charge in [0.25, 0.3) is 0 Å². The summed E-state index contributed by atoms with van der Waals surface area (Å²) in [5.41, 5.74) is 1.46. The molecule has 0 saturated carbocycles. The van der Waals surface area contributed by atoms with Gasteiger partial charge in [0.05, 0.1) is 6.10 Å². The zero-order valence-corrected chi connectivity index (χ0v) is 23.5. The van der Waals surface area contributed by atoms with E-state index in [1.54, 1.807) is 36.4 Å². The number of ether oxygens (including phenoxy) is 4. The molecule has 43 heavy (non-hydrogen) atoms. The number of phenolic OH excluding ortho intramolecular Hbond substituents is 2. The molecule has 0 aromatic heterocycles. The molecule has 3 aromatic rings. The van der Waals surface area contributed by atoms with E-state index in [1.165, 1.54) is 39.0 Å². The Hall–Kier alpha value is -5.17. The van der Waals surface area contributed by atoms with Crippen molar-refractivity contribution >= 4 is 17.7 Å². The monoisotopic (exact) mass is 593 g/mol. The highest BCUT2D eigenvalue weighted by molar-refractivity contribution is 5.74. The summed E-state index contributed by atoms with van der Waals surface area (Å²) in [7, 11) is 0. The highest BCUT2D eigenvalue weighted by Gasteiger charge is 2.38. The Morgan fingerprint density at radius 1 is 0.674 bits per heavy atom. The normalized spacial score (nSPS) is 20.8. The van der Waals surface area contributed by atoms with E-state index >= 15 is 0 Å². The number of carbonyl (C=O) groups is 3. The standard InChI is InChI=1S/C30H31N3O10/c1-14(34)31-13-22(39)17-5-8-23-25(11-17)40-28(30(42-23)33-16(3)36)19-6-9-24-26(12-19)41-27(29(43-24)32-15(2)35)18-4-7-20(37)21(38)10-18/h4-12,22,27-30,37-39H,13H2,1-3H3,(H,31,34)(H,32,35)(H,33,36)/t22?,27-,28+,29+,30-/m0/s1. The summed E-state index contributed by atoms with van der Waals surface area (Å²) in [6.45, 7) is 4.04. The average Bonchev–Trinajstić information content (AvgIpc) is 2.95. The third-order valence-corrected chi connectivity index (χ3v) is 6.78. The molecule has 3 amide bonds. The number of aromatic hydroxyl groups is 2. The highest BCUT2D eigenvalue weighted by atomic mass is 16.6. The van der Waals surface area contributed by atoms with Crippen LogP contribution in [0.15, 0.2) is 54.6 Å². The minimum atomic E-state index is -0.994. The van der Waals surface area contributed by atoms with Gasteiger partial charge in [0.2, 0.25) is 30.2 Å². The van der Waals surface area contributed by atoms with Gasteiger partial charge in [0.1, 0.15) is 0 Å². The van der Waals surface area contributed by atoms with E-state index in [0.29, 0.717) is 33.9 Å². The van der Waals surface area contributed by atoms with Gasteiger partial charge in [0, 0.05) is 38.4 Å². The lowest BCUT2D eigenvalue weighted by atomic mass is 10.0. The predicted octanol–water partition coefficient (Wildman–Crippen LogP) is 2.22. The van der Waals surface area contributed by atoms with Gasteiger partial charge in [-0.1, -0.05) is 18.2 Å². The lowest BCUT2D eigenvalue weighted by Crippen LogP contribution is -2.47. The van der Waals surface area contributed by atoms with Crippen molar-refractivity contribution in [3.05, 3.63) is 71.3 Å². The number of amides is 3. The molecule has 6 N–H and O–H groups in total. The van der Waals surface area contributed by atoms with Crippen LogP contribution in [0.2, 0.25) is 0 Å². The van der Waals surface area contributed by atoms with Gasteiger partial charge < -0.3 is 50.2 Å². The first kappa shape index (κ1) is 29.3. The Labute approximate surface area is 246 Å². The highest BCUT2D eigenvalue weighted by Crippen LogP contribution is 2.45. The molecule has 0 aliphatic carbocycles. The molecule has 5 rings (SSSR count). The molecular formula is C30H31N3O10. The molecule has 0 fully saturated rings. The van der Waals surface area contributed by atoms with Crippen LogP contribution in [0.25, 0.3) is 0 Å². The fraction of sp³-hybridized carbons (Fsp3) is 0.300. The third-order valence-electron chi connectivity index (χ3n) is 6.78. The van der Waals surface area contributed by atoms with Crippen molar-refractivity contribution in [2.45, 2.75) is 51.5 Å². The summed E-state index contributed by atoms with van der Waals surface area (Å²) in [6, 6.07) is 14.0. The van der Waals surface area contributed by atoms with Crippen LogP contribution in [0.3, 0.4) is 0 Å². The molecule has 2 heterocycles. The van der Waals surface area contributed by atoms with Gasteiger partial charge in [0.15, 0.2) is 46.7 Å². The maximum Gasteiger partial charge on any atom is 0.219 e. The molecule has 2 aliphatic heterocycles. The number of benzene rings is 3. The molecule has 13 heteroatoms. The molecule has 3 aromatic carbocycles. The molecule has 0 radical (unpaired) electrons. The van der Waals surface area contributed by atoms with Crippen LogP contribution in [0, 0.1) is 0 Å². The van der Waals surface area contributed by atoms with Crippen molar-refractivity contribution in [2.75, 3.05) is 6.54 Å². The zero-order valence-electron chi connectivity index (χ0n) is 23.5. The van der Waals surface area contributed by atoms with Gasteiger partial charge in [-0.15, -0.1) is 0 Å². The van der Waals surface area contributed by atoms with Crippen LogP contribution in [0.1, 0.15) is 55.8 Å². The first-order chi connectivity index (χ1) is 20.5. The molecule has 2 aliphatic rings. The number of nitrogens with one attached hydrogen (secondary N) is 3. The number of fused-ring (bicyclic) bond motifs is 2. The molecule has 13 nitrogen and oxygen atoms in total. The second-order valence-electron chi connectivity index (χ2n) is 10.2. The second-order valence-corrected chi connectivity index (χ2v) is 10.2. The molecular weight excluding hydrogens is 562 g/mol. The largest absolute Gasteiger partial charge is 0.504 e. The Bertz CT molecular complexity index is 1560. The van der Waals surface area contributed by atoms with Gasteiger partial charge in [-0.25, -0.2) is 0 Å². The van der Waals surface area contributed by atoms with Crippen LogP contribution in [-0.2, 0) is 14.4 Å². The summed E-state index contributed by atoms with van der Waals surface area (Å²) in [5, 5.41) is 38.4. The summed E-state index contributed by atoms with van der Waals surface area (Å²) in [6.07, 6.45) is -4.64. The number of hydrogen-bond acceptors (Lipinski definition) is 10. The lowest BCUT2D eigenvalue weighted by molar-refractivity contribution is -0.125. The van der Waals surface area contributed by atoms with Crippen LogP contribution in [0.5, 0.6) is 34.5 Å². The van der Waals surface area contributed by atoms with Crippen LogP contribution >= 0.6 is 0 Å². The van der Waals surface area contributed by atoms with Crippen molar-refractivity contribution in [2.24, 2.45) is 0 Å². The van der Waals surface area contributed by atoms with Crippen LogP contribution in [-0.4, -0.2) is 52.0 Å². The molecule has 0 bridgehead atoms. The quantitative estimate of drug-likeness (QED) is 0.222. The van der Waals surface area contributed by atoms with E-state index in [2.05, 4.69) is 16.0 Å². The Morgan fingerprint density at radius 2 is 1.21 bits per heavy atom. The van der Waals surface area contributed by atoms with E-state index in [4.69, 9.17) is 18.9 Å². The van der Waals surface area contributed by atoms with Gasteiger partial charge >= 0.3 is 0 Å². The van der Waals surface area contributed by atoms with Gasteiger partial charge in [-0.2, -0.15) is 0 Å². The maximum absolute atomic E-state index is 12.0. The van der Waals surface area contributed by atoms with Gasteiger partial charge in [-0.05, 0) is 42.0 Å². The van der Waals surface area contributed by atoms with E-state index < -0.39 is 30.8 Å². The fourth-order valence-corrected chi connectivity index (χ4v) is 4.78. The molecule has 0 saturated heterocycles. The van der Waals surface area contributed by atoms with Crippen LogP contribution in [0.4, 0.5) is 0 Å². The summed E-state index contributed by atoms with van der Waals surface area (Å²) < 4.78 is 24.7. The molecule has 226 valence electrons. The number of hydrogen-bond donors (Lipinski definition) is 6. The molecule has 5 atom stereocenters. The molecule has 0 spiro atoms. The smallest absolute Gasteiger partial charge is 0.219 e. The third kappa shape index (κ3) is 6.51. The summed E-state index contributed by atoms with van der Waals surface area (Å²) in [4.78, 5) is 35.2. The number of aliphatic hydroxyl groups excluding tert-OH is 1. The minimum absolute atomic E-state index is 0.00847. The van der Waals surface area contributed by atoms with Gasteiger partial charge in [-0.3, -0.25) is 14.4 Å². The van der Waals surface area contributed by atoms with E-state index in [1.807, 2.05) is 0 Å². The second kappa shape index (κ2) is 12.0. The topological polar surface area (TPSA) is 185 Å². The number of carbonyl (C=O) groups excluding carboxylic acids is 3. The predicted molar refractivity (Wildman–Crippen MR) is 150 cm³/mol. The first-order valence-electron chi connectivity index (χ1n) is 13.4. The summed E-state index contributed by atoms with van der Waals surface area (Å²) in [5.74, 6) is -0.429. The Balaban J connectivity index is 1.47. The van der Waals surface area contributed by atoms with Crippen molar-refractivity contribution in [3.63, 3.8) is 0 Å². The number of aliphatic hydroxyl groups is 1. The summed E-state index contributed by atoms with van der Waals surface area (Å²) >= 11 is 0. The maximum atomic E-state index is 12.0. The van der Waals surface area contributed by atoms with Crippen molar-refractivity contribution in [1.82, 2.24) is 16.0 Å². The SMILES string of the molecule is CC(=O)NCC(O)c1ccc2c(c1)O[C@H](c1ccc3c(c1)O[C@@H](c1ccc(O)c(O)c1)[C@H](NC(C)=O)O3)[C@@H](NC(C)=O)O2.